The number of hydrogen-bond acceptors (Lipinski definition) is 3. The van der Waals surface area contributed by atoms with Gasteiger partial charge in [-0.2, -0.15) is 0 Å². The van der Waals surface area contributed by atoms with E-state index in [1.165, 1.54) is 0 Å². The first-order valence-electron chi connectivity index (χ1n) is 4.41. The number of methoxy groups -OCH3 is 2. The summed E-state index contributed by atoms with van der Waals surface area (Å²) in [6.45, 7) is 3.63. The van der Waals surface area contributed by atoms with Gasteiger partial charge in [0.05, 0.1) is 12.7 Å². The van der Waals surface area contributed by atoms with Crippen LogP contribution >= 0.6 is 0 Å². The van der Waals surface area contributed by atoms with Crippen LogP contribution in [-0.4, -0.2) is 39.6 Å². The lowest BCUT2D eigenvalue weighted by atomic mass is 9.98. The van der Waals surface area contributed by atoms with Crippen LogP contribution < -0.4 is 0 Å². The molecule has 1 fully saturated rings. The predicted octanol–water partition coefficient (Wildman–Crippen LogP) is 1.07. The second kappa shape index (κ2) is 4.80. The topological polar surface area (TPSA) is 27.7 Å². The average molecular weight is 174 g/mol. The first-order chi connectivity index (χ1) is 5.77. The Hall–Kier alpha value is -0.120. The van der Waals surface area contributed by atoms with Gasteiger partial charge in [-0.1, -0.05) is 6.92 Å². The maximum absolute atomic E-state index is 5.58. The predicted molar refractivity (Wildman–Crippen MR) is 46.2 cm³/mol. The first-order valence-corrected chi connectivity index (χ1v) is 4.41. The number of hydrogen-bond donors (Lipinski definition) is 0. The fraction of sp³-hybridized carbons (Fsp3) is 1.00. The van der Waals surface area contributed by atoms with E-state index in [9.17, 15) is 0 Å². The molecule has 3 atom stereocenters. The van der Waals surface area contributed by atoms with Crippen LogP contribution in [0.4, 0.5) is 0 Å². The zero-order valence-corrected chi connectivity index (χ0v) is 8.08. The number of ether oxygens (including phenoxy) is 3. The molecule has 3 heteroatoms. The van der Waals surface area contributed by atoms with Crippen LogP contribution in [0.2, 0.25) is 0 Å². The highest BCUT2D eigenvalue weighted by atomic mass is 16.6. The van der Waals surface area contributed by atoms with Crippen molar-refractivity contribution in [2.45, 2.75) is 25.6 Å². The van der Waals surface area contributed by atoms with Crippen LogP contribution in [0.15, 0.2) is 0 Å². The zero-order valence-electron chi connectivity index (χ0n) is 8.08. The zero-order chi connectivity index (χ0) is 8.97. The van der Waals surface area contributed by atoms with Gasteiger partial charge in [0.15, 0.2) is 0 Å². The average Bonchev–Trinajstić information content (AvgIpc) is 2.08. The van der Waals surface area contributed by atoms with Crippen molar-refractivity contribution < 1.29 is 14.2 Å². The Morgan fingerprint density at radius 2 is 2.17 bits per heavy atom. The minimum atomic E-state index is 0.121. The molecule has 0 amide bonds. The molecule has 0 saturated carbocycles. The molecule has 0 aromatic carbocycles. The van der Waals surface area contributed by atoms with E-state index >= 15 is 0 Å². The van der Waals surface area contributed by atoms with Crippen molar-refractivity contribution in [3.63, 3.8) is 0 Å². The molecule has 1 aliphatic heterocycles. The molecular weight excluding hydrogens is 156 g/mol. The van der Waals surface area contributed by atoms with Crippen molar-refractivity contribution in [3.8, 4) is 0 Å². The largest absolute Gasteiger partial charge is 0.382 e. The van der Waals surface area contributed by atoms with Gasteiger partial charge in [-0.15, -0.1) is 0 Å². The molecule has 0 aromatic heterocycles. The van der Waals surface area contributed by atoms with Gasteiger partial charge in [0, 0.05) is 20.8 Å². The van der Waals surface area contributed by atoms with E-state index in [1.807, 2.05) is 0 Å². The lowest BCUT2D eigenvalue weighted by Gasteiger charge is -2.33. The molecule has 1 saturated heterocycles. The monoisotopic (exact) mass is 174 g/mol. The standard InChI is InChI=1S/C9H18O3/c1-7-4-8(11-3)9(6-10-2)12-5-7/h7-9H,4-6H2,1-3H3/t7-,8?,9+/m0/s1. The third-order valence-corrected chi connectivity index (χ3v) is 2.28. The maximum atomic E-state index is 5.58. The van der Waals surface area contributed by atoms with Gasteiger partial charge >= 0.3 is 0 Å². The summed E-state index contributed by atoms with van der Waals surface area (Å²) in [4.78, 5) is 0. The van der Waals surface area contributed by atoms with Crippen molar-refractivity contribution in [2.75, 3.05) is 27.4 Å². The van der Waals surface area contributed by atoms with Gasteiger partial charge in [0.2, 0.25) is 0 Å². The molecule has 1 unspecified atom stereocenters. The van der Waals surface area contributed by atoms with Gasteiger partial charge in [-0.3, -0.25) is 0 Å². The summed E-state index contributed by atoms with van der Waals surface area (Å²) in [6, 6.07) is 0. The summed E-state index contributed by atoms with van der Waals surface area (Å²) in [5.74, 6) is 0.600. The third kappa shape index (κ3) is 2.44. The normalized spacial score (nSPS) is 36.8. The Kier molecular flexibility index (Phi) is 3.98. The van der Waals surface area contributed by atoms with Crippen molar-refractivity contribution in [2.24, 2.45) is 5.92 Å². The van der Waals surface area contributed by atoms with E-state index in [-0.39, 0.29) is 12.2 Å². The summed E-state index contributed by atoms with van der Waals surface area (Å²) < 4.78 is 15.9. The first kappa shape index (κ1) is 9.96. The Labute approximate surface area is 74.0 Å². The minimum absolute atomic E-state index is 0.121. The molecule has 0 radical (unpaired) electrons. The molecule has 1 aliphatic rings. The van der Waals surface area contributed by atoms with Crippen LogP contribution in [0, 0.1) is 5.92 Å². The lowest BCUT2D eigenvalue weighted by Crippen LogP contribution is -2.41. The summed E-state index contributed by atoms with van der Waals surface area (Å²) >= 11 is 0. The fourth-order valence-electron chi connectivity index (χ4n) is 1.58. The van der Waals surface area contributed by atoms with Crippen molar-refractivity contribution in [3.05, 3.63) is 0 Å². The van der Waals surface area contributed by atoms with Crippen molar-refractivity contribution in [1.29, 1.82) is 0 Å². The molecule has 0 spiro atoms. The van der Waals surface area contributed by atoms with Gasteiger partial charge < -0.3 is 14.2 Å². The molecular formula is C9H18O3. The van der Waals surface area contributed by atoms with Crippen LogP contribution in [0.5, 0.6) is 0 Å². The minimum Gasteiger partial charge on any atom is -0.382 e. The van der Waals surface area contributed by atoms with Gasteiger partial charge in [-0.05, 0) is 12.3 Å². The highest BCUT2D eigenvalue weighted by Gasteiger charge is 2.29. The molecule has 1 heterocycles. The molecule has 3 nitrogen and oxygen atoms in total. The maximum Gasteiger partial charge on any atom is 0.107 e. The van der Waals surface area contributed by atoms with Gasteiger partial charge in [-0.25, -0.2) is 0 Å². The van der Waals surface area contributed by atoms with Crippen LogP contribution in [0.3, 0.4) is 0 Å². The van der Waals surface area contributed by atoms with E-state index in [0.717, 1.165) is 13.0 Å². The molecule has 0 N–H and O–H groups in total. The van der Waals surface area contributed by atoms with Crippen molar-refractivity contribution in [1.82, 2.24) is 0 Å². The highest BCUT2D eigenvalue weighted by molar-refractivity contribution is 4.77. The Morgan fingerprint density at radius 3 is 2.75 bits per heavy atom. The Morgan fingerprint density at radius 1 is 1.42 bits per heavy atom. The lowest BCUT2D eigenvalue weighted by molar-refractivity contribution is -0.130. The summed E-state index contributed by atoms with van der Waals surface area (Å²) in [5.41, 5.74) is 0. The van der Waals surface area contributed by atoms with Crippen molar-refractivity contribution >= 4 is 0 Å². The van der Waals surface area contributed by atoms with Gasteiger partial charge in [0.25, 0.3) is 0 Å². The Bertz CT molecular complexity index is 127. The molecule has 72 valence electrons. The van der Waals surface area contributed by atoms with E-state index in [2.05, 4.69) is 6.92 Å². The smallest absolute Gasteiger partial charge is 0.107 e. The number of rotatable bonds is 3. The second-order valence-corrected chi connectivity index (χ2v) is 3.44. The fourth-order valence-corrected chi connectivity index (χ4v) is 1.58. The molecule has 0 bridgehead atoms. The quantitative estimate of drug-likeness (QED) is 0.640. The van der Waals surface area contributed by atoms with E-state index < -0.39 is 0 Å². The second-order valence-electron chi connectivity index (χ2n) is 3.44. The highest BCUT2D eigenvalue weighted by Crippen LogP contribution is 2.21. The van der Waals surface area contributed by atoms with Crippen LogP contribution in [0.25, 0.3) is 0 Å². The van der Waals surface area contributed by atoms with E-state index in [1.54, 1.807) is 14.2 Å². The van der Waals surface area contributed by atoms with Crippen LogP contribution in [-0.2, 0) is 14.2 Å². The molecule has 12 heavy (non-hydrogen) atoms. The summed E-state index contributed by atoms with van der Waals surface area (Å²) in [5, 5.41) is 0. The summed E-state index contributed by atoms with van der Waals surface area (Å²) in [6.07, 6.45) is 1.40. The van der Waals surface area contributed by atoms with E-state index in [0.29, 0.717) is 12.5 Å². The molecule has 0 aromatic rings. The molecule has 0 aliphatic carbocycles. The summed E-state index contributed by atoms with van der Waals surface area (Å²) in [7, 11) is 3.42. The molecule has 1 rings (SSSR count). The third-order valence-electron chi connectivity index (χ3n) is 2.28. The van der Waals surface area contributed by atoms with E-state index in [4.69, 9.17) is 14.2 Å². The van der Waals surface area contributed by atoms with Gasteiger partial charge in [0.1, 0.15) is 6.10 Å². The van der Waals surface area contributed by atoms with Crippen LogP contribution in [0.1, 0.15) is 13.3 Å². The Balaban J connectivity index is 2.39. The SMILES string of the molecule is COC[C@H]1OC[C@@H](C)CC1OC.